The molecule has 0 fully saturated rings. The van der Waals surface area contributed by atoms with Crippen molar-refractivity contribution in [3.8, 4) is 11.5 Å². The zero-order valence-electron chi connectivity index (χ0n) is 14.4. The molecule has 0 aliphatic rings. The molecule has 0 bridgehead atoms. The fourth-order valence-corrected chi connectivity index (χ4v) is 2.31. The highest BCUT2D eigenvalue weighted by Gasteiger charge is 2.12. The standard InChI is InChI=1S/C19H22N2O4/c1-24-15-8-9-17(25-2)16(12-15)21-19(23)13-18(22)20-11-10-14-6-4-3-5-7-14/h3-9,12H,10-11,13H2,1-2H3,(H,20,22)(H,21,23). The van der Waals surface area contributed by atoms with Crippen molar-refractivity contribution < 1.29 is 19.1 Å². The maximum Gasteiger partial charge on any atom is 0.233 e. The Morgan fingerprint density at radius 1 is 0.960 bits per heavy atom. The minimum Gasteiger partial charge on any atom is -0.497 e. The van der Waals surface area contributed by atoms with Gasteiger partial charge in [-0.15, -0.1) is 0 Å². The van der Waals surface area contributed by atoms with Crippen LogP contribution in [0.5, 0.6) is 11.5 Å². The zero-order valence-corrected chi connectivity index (χ0v) is 14.4. The summed E-state index contributed by atoms with van der Waals surface area (Å²) in [4.78, 5) is 23.9. The number of anilines is 1. The maximum atomic E-state index is 12.1. The van der Waals surface area contributed by atoms with Crippen LogP contribution in [-0.2, 0) is 16.0 Å². The Balaban J connectivity index is 1.82. The van der Waals surface area contributed by atoms with Crippen molar-refractivity contribution in [1.82, 2.24) is 5.32 Å². The molecule has 0 atom stereocenters. The van der Waals surface area contributed by atoms with Gasteiger partial charge >= 0.3 is 0 Å². The van der Waals surface area contributed by atoms with Crippen LogP contribution in [-0.4, -0.2) is 32.6 Å². The molecule has 2 rings (SSSR count). The molecule has 0 heterocycles. The van der Waals surface area contributed by atoms with Crippen LogP contribution in [0.2, 0.25) is 0 Å². The van der Waals surface area contributed by atoms with Gasteiger partial charge in [0, 0.05) is 12.6 Å². The number of amides is 2. The van der Waals surface area contributed by atoms with Crippen molar-refractivity contribution in [2.24, 2.45) is 0 Å². The second-order valence-electron chi connectivity index (χ2n) is 5.38. The predicted octanol–water partition coefficient (Wildman–Crippen LogP) is 2.39. The summed E-state index contributed by atoms with van der Waals surface area (Å²) in [5, 5.41) is 5.41. The highest BCUT2D eigenvalue weighted by Crippen LogP contribution is 2.28. The van der Waals surface area contributed by atoms with Crippen molar-refractivity contribution >= 4 is 17.5 Å². The van der Waals surface area contributed by atoms with Gasteiger partial charge in [-0.25, -0.2) is 0 Å². The Bertz CT molecular complexity index is 717. The fourth-order valence-electron chi connectivity index (χ4n) is 2.31. The molecule has 0 aliphatic carbocycles. The molecule has 0 aromatic heterocycles. The first kappa shape index (κ1) is 18.3. The molecule has 6 nitrogen and oxygen atoms in total. The van der Waals surface area contributed by atoms with Gasteiger partial charge in [-0.3, -0.25) is 9.59 Å². The van der Waals surface area contributed by atoms with Crippen LogP contribution >= 0.6 is 0 Å². The molecule has 2 aromatic carbocycles. The smallest absolute Gasteiger partial charge is 0.233 e. The van der Waals surface area contributed by atoms with Crippen molar-refractivity contribution in [3.05, 3.63) is 54.1 Å². The lowest BCUT2D eigenvalue weighted by molar-refractivity contribution is -0.126. The van der Waals surface area contributed by atoms with Gasteiger partial charge in [0.25, 0.3) is 0 Å². The van der Waals surface area contributed by atoms with Gasteiger partial charge in [-0.2, -0.15) is 0 Å². The fraction of sp³-hybridized carbons (Fsp3) is 0.263. The normalized spacial score (nSPS) is 10.0. The van der Waals surface area contributed by atoms with E-state index in [9.17, 15) is 9.59 Å². The number of ether oxygens (including phenoxy) is 2. The average Bonchev–Trinajstić information content (AvgIpc) is 2.62. The Kier molecular flexibility index (Phi) is 6.83. The third-order valence-electron chi connectivity index (χ3n) is 3.58. The van der Waals surface area contributed by atoms with Crippen molar-refractivity contribution in [1.29, 1.82) is 0 Å². The van der Waals surface area contributed by atoms with Crippen LogP contribution in [0, 0.1) is 0 Å². The summed E-state index contributed by atoms with van der Waals surface area (Å²) < 4.78 is 10.3. The number of hydrogen-bond acceptors (Lipinski definition) is 4. The molecule has 0 radical (unpaired) electrons. The summed E-state index contributed by atoms with van der Waals surface area (Å²) in [7, 11) is 3.04. The van der Waals surface area contributed by atoms with Gasteiger partial charge < -0.3 is 20.1 Å². The van der Waals surface area contributed by atoms with E-state index >= 15 is 0 Å². The lowest BCUT2D eigenvalue weighted by Gasteiger charge is -2.12. The first-order valence-corrected chi connectivity index (χ1v) is 7.95. The van der Waals surface area contributed by atoms with Gasteiger partial charge in [-0.1, -0.05) is 30.3 Å². The summed E-state index contributed by atoms with van der Waals surface area (Å²) in [6, 6.07) is 14.9. The predicted molar refractivity (Wildman–Crippen MR) is 95.9 cm³/mol. The summed E-state index contributed by atoms with van der Waals surface area (Å²) in [6.45, 7) is 0.485. The van der Waals surface area contributed by atoms with E-state index in [4.69, 9.17) is 9.47 Å². The van der Waals surface area contributed by atoms with E-state index in [-0.39, 0.29) is 12.3 Å². The summed E-state index contributed by atoms with van der Waals surface area (Å²) in [5.74, 6) is 0.348. The molecule has 0 unspecified atom stereocenters. The molecule has 25 heavy (non-hydrogen) atoms. The number of hydrogen-bond donors (Lipinski definition) is 2. The van der Waals surface area contributed by atoms with Crippen molar-refractivity contribution in [3.63, 3.8) is 0 Å². The van der Waals surface area contributed by atoms with Gasteiger partial charge in [-0.05, 0) is 24.1 Å². The number of nitrogens with one attached hydrogen (secondary N) is 2. The molecule has 0 saturated heterocycles. The molecule has 0 spiro atoms. The van der Waals surface area contributed by atoms with E-state index < -0.39 is 5.91 Å². The molecule has 0 aliphatic heterocycles. The zero-order chi connectivity index (χ0) is 18.1. The molecule has 2 N–H and O–H groups in total. The van der Waals surface area contributed by atoms with Crippen LogP contribution in [0.25, 0.3) is 0 Å². The molecule has 132 valence electrons. The van der Waals surface area contributed by atoms with E-state index in [1.807, 2.05) is 30.3 Å². The van der Waals surface area contributed by atoms with Gasteiger partial charge in [0.15, 0.2) is 0 Å². The van der Waals surface area contributed by atoms with E-state index in [1.54, 1.807) is 18.2 Å². The van der Waals surface area contributed by atoms with Crippen LogP contribution in [0.4, 0.5) is 5.69 Å². The van der Waals surface area contributed by atoms with Gasteiger partial charge in [0.2, 0.25) is 11.8 Å². The molecule has 6 heteroatoms. The van der Waals surface area contributed by atoms with E-state index in [1.165, 1.54) is 14.2 Å². The first-order chi connectivity index (χ1) is 12.1. The Morgan fingerprint density at radius 3 is 2.40 bits per heavy atom. The average molecular weight is 342 g/mol. The topological polar surface area (TPSA) is 76.7 Å². The quantitative estimate of drug-likeness (QED) is 0.722. The molecule has 0 saturated carbocycles. The molecule has 2 aromatic rings. The van der Waals surface area contributed by atoms with Crippen LogP contribution in [0.1, 0.15) is 12.0 Å². The Labute approximate surface area is 147 Å². The molecular weight excluding hydrogens is 320 g/mol. The maximum absolute atomic E-state index is 12.1. The second kappa shape index (κ2) is 9.32. The van der Waals surface area contributed by atoms with E-state index in [0.29, 0.717) is 23.7 Å². The third kappa shape index (κ3) is 5.84. The lowest BCUT2D eigenvalue weighted by atomic mass is 10.1. The highest BCUT2D eigenvalue weighted by atomic mass is 16.5. The SMILES string of the molecule is COc1ccc(OC)c(NC(=O)CC(=O)NCCc2ccccc2)c1. The summed E-state index contributed by atoms with van der Waals surface area (Å²) >= 11 is 0. The van der Waals surface area contributed by atoms with E-state index in [2.05, 4.69) is 10.6 Å². The van der Waals surface area contributed by atoms with Crippen LogP contribution in [0.15, 0.2) is 48.5 Å². The Morgan fingerprint density at radius 2 is 1.72 bits per heavy atom. The van der Waals surface area contributed by atoms with Crippen LogP contribution in [0.3, 0.4) is 0 Å². The number of methoxy groups -OCH3 is 2. The van der Waals surface area contributed by atoms with Crippen molar-refractivity contribution in [2.45, 2.75) is 12.8 Å². The number of carbonyl (C=O) groups is 2. The largest absolute Gasteiger partial charge is 0.497 e. The molecular formula is C19H22N2O4. The van der Waals surface area contributed by atoms with Gasteiger partial charge in [0.1, 0.15) is 17.9 Å². The third-order valence-corrected chi connectivity index (χ3v) is 3.58. The number of rotatable bonds is 8. The van der Waals surface area contributed by atoms with E-state index in [0.717, 1.165) is 12.0 Å². The number of carbonyl (C=O) groups excluding carboxylic acids is 2. The minimum atomic E-state index is -0.413. The lowest BCUT2D eigenvalue weighted by Crippen LogP contribution is -2.29. The molecule has 2 amide bonds. The highest BCUT2D eigenvalue weighted by molar-refractivity contribution is 6.04. The Hall–Kier alpha value is -3.02. The van der Waals surface area contributed by atoms with Crippen molar-refractivity contribution in [2.75, 3.05) is 26.1 Å². The summed E-state index contributed by atoms with van der Waals surface area (Å²) in [5.41, 5.74) is 1.59. The minimum absolute atomic E-state index is 0.255. The summed E-state index contributed by atoms with van der Waals surface area (Å²) in [6.07, 6.45) is 0.465. The number of benzene rings is 2. The second-order valence-corrected chi connectivity index (χ2v) is 5.38. The monoisotopic (exact) mass is 342 g/mol. The first-order valence-electron chi connectivity index (χ1n) is 7.95. The van der Waals surface area contributed by atoms with Gasteiger partial charge in [0.05, 0.1) is 19.9 Å². The van der Waals surface area contributed by atoms with Crippen LogP contribution < -0.4 is 20.1 Å².